The molecule has 1 fully saturated rings. The van der Waals surface area contributed by atoms with Crippen molar-refractivity contribution < 1.29 is 0 Å². The second kappa shape index (κ2) is 6.04. The lowest BCUT2D eigenvalue weighted by atomic mass is 10.2. The molecule has 0 aromatic rings. The summed E-state index contributed by atoms with van der Waals surface area (Å²) in [5.74, 6) is 10.4. The van der Waals surface area contributed by atoms with Crippen molar-refractivity contribution >= 4 is 46.9 Å². The maximum absolute atomic E-state index is 6.54. The first-order valence-electron chi connectivity index (χ1n) is 4.81. The molecule has 1 heterocycles. The molecule has 0 bridgehead atoms. The average Bonchev–Trinajstić information content (AvgIpc) is 2.37. The van der Waals surface area contributed by atoms with Crippen LogP contribution in [-0.4, -0.2) is 33.2 Å². The van der Waals surface area contributed by atoms with Crippen LogP contribution in [0.5, 0.6) is 0 Å². The highest BCUT2D eigenvalue weighted by Crippen LogP contribution is 2.43. The molecule has 0 aliphatic carbocycles. The Bertz CT molecular complexity index is 240. The molecule has 0 amide bonds. The third kappa shape index (κ3) is 3.35. The second-order valence-corrected chi connectivity index (χ2v) is 7.85. The molecule has 0 saturated carbocycles. The number of hydrogen-bond donors (Lipinski definition) is 6. The molecule has 0 aromatic carbocycles. The van der Waals surface area contributed by atoms with Crippen LogP contribution >= 0.6 is 46.9 Å². The summed E-state index contributed by atoms with van der Waals surface area (Å²) in [5, 5.41) is 6.68. The molecule has 1 aliphatic rings. The van der Waals surface area contributed by atoms with Gasteiger partial charge in [-0.3, -0.25) is 17.0 Å². The molecule has 1 unspecified atom stereocenters. The van der Waals surface area contributed by atoms with Crippen LogP contribution in [-0.2, 0) is 0 Å². The number of hydrazine groups is 2. The van der Waals surface area contributed by atoms with Gasteiger partial charge in [0.1, 0.15) is 4.33 Å². The van der Waals surface area contributed by atoms with Crippen molar-refractivity contribution in [1.82, 2.24) is 21.5 Å². The van der Waals surface area contributed by atoms with Crippen LogP contribution in [0.1, 0.15) is 6.42 Å². The summed E-state index contributed by atoms with van der Waals surface area (Å²) >= 11 is 11.2. The van der Waals surface area contributed by atoms with Crippen LogP contribution in [0.25, 0.3) is 0 Å². The molecule has 1 saturated heterocycles. The minimum absolute atomic E-state index is 0.470. The molecule has 8 N–H and O–H groups in total. The molecule has 1 rings (SSSR count). The third-order valence-corrected chi connectivity index (χ3v) is 6.76. The first-order valence-corrected chi connectivity index (χ1v) is 8.86. The molecule has 1 atom stereocenters. The zero-order valence-corrected chi connectivity index (χ0v) is 13.2. The summed E-state index contributed by atoms with van der Waals surface area (Å²) in [4.78, 5) is 0. The Labute approximate surface area is 119 Å². The van der Waals surface area contributed by atoms with Crippen LogP contribution in [0, 0.1) is 0 Å². The van der Waals surface area contributed by atoms with E-state index in [2.05, 4.69) is 21.5 Å². The van der Waals surface area contributed by atoms with Crippen molar-refractivity contribution in [1.29, 1.82) is 0 Å². The summed E-state index contributed by atoms with van der Waals surface area (Å²) in [5.41, 5.74) is 5.34. The molecule has 10 heteroatoms. The van der Waals surface area contributed by atoms with E-state index in [0.29, 0.717) is 6.42 Å². The van der Waals surface area contributed by atoms with Crippen molar-refractivity contribution in [2.75, 3.05) is 18.8 Å². The lowest BCUT2D eigenvalue weighted by Gasteiger charge is -2.53. The van der Waals surface area contributed by atoms with Crippen molar-refractivity contribution in [3.05, 3.63) is 0 Å². The maximum Gasteiger partial charge on any atom is 0.170 e. The van der Waals surface area contributed by atoms with Gasteiger partial charge in [-0.2, -0.15) is 0 Å². The van der Waals surface area contributed by atoms with Gasteiger partial charge < -0.3 is 0 Å². The van der Waals surface area contributed by atoms with Gasteiger partial charge in [-0.25, -0.2) is 16.2 Å². The van der Waals surface area contributed by atoms with E-state index in [1.54, 1.807) is 23.5 Å². The SMILES string of the molecule is CSC1(Cl)CC(NN)(NN)NC(SC)(SC)N1. The lowest BCUT2D eigenvalue weighted by molar-refractivity contribution is 0.115. The predicted molar refractivity (Wildman–Crippen MR) is 80.1 cm³/mol. The van der Waals surface area contributed by atoms with Crippen molar-refractivity contribution in [2.24, 2.45) is 11.7 Å². The third-order valence-electron chi connectivity index (χ3n) is 2.61. The number of halogens is 1. The summed E-state index contributed by atoms with van der Waals surface area (Å²) in [7, 11) is 0. The van der Waals surface area contributed by atoms with E-state index in [-0.39, 0.29) is 0 Å². The molecule has 0 radical (unpaired) electrons. The van der Waals surface area contributed by atoms with Crippen LogP contribution < -0.4 is 33.2 Å². The Balaban J connectivity index is 3.06. The molecule has 6 nitrogen and oxygen atoms in total. The average molecular weight is 319 g/mol. The Morgan fingerprint density at radius 2 is 1.59 bits per heavy atom. The van der Waals surface area contributed by atoms with E-state index in [4.69, 9.17) is 23.3 Å². The molecule has 17 heavy (non-hydrogen) atoms. The van der Waals surface area contributed by atoms with E-state index in [1.807, 2.05) is 18.8 Å². The quantitative estimate of drug-likeness (QED) is 0.135. The summed E-state index contributed by atoms with van der Waals surface area (Å²) in [6.07, 6.45) is 6.38. The highest BCUT2D eigenvalue weighted by atomic mass is 35.5. The first-order chi connectivity index (χ1) is 7.92. The number of rotatable bonds is 5. The zero-order valence-electron chi connectivity index (χ0n) is 9.96. The van der Waals surface area contributed by atoms with E-state index >= 15 is 0 Å². The number of alkyl halides is 1. The number of thioether (sulfide) groups is 3. The zero-order chi connectivity index (χ0) is 13.2. The van der Waals surface area contributed by atoms with Crippen molar-refractivity contribution in [3.63, 3.8) is 0 Å². The molecular formula is C7H19ClN6S3. The van der Waals surface area contributed by atoms with E-state index in [9.17, 15) is 0 Å². The fraction of sp³-hybridized carbons (Fsp3) is 1.00. The van der Waals surface area contributed by atoms with Crippen LogP contribution in [0.15, 0.2) is 0 Å². The van der Waals surface area contributed by atoms with Crippen LogP contribution in [0.2, 0.25) is 0 Å². The molecule has 1 aliphatic heterocycles. The normalized spacial score (nSPS) is 31.4. The van der Waals surface area contributed by atoms with Crippen molar-refractivity contribution in [3.8, 4) is 0 Å². The monoisotopic (exact) mass is 318 g/mol. The van der Waals surface area contributed by atoms with Crippen LogP contribution in [0.3, 0.4) is 0 Å². The molecule has 102 valence electrons. The second-order valence-electron chi connectivity index (χ2n) is 3.58. The Kier molecular flexibility index (Phi) is 5.74. The largest absolute Gasteiger partial charge is 0.269 e. The fourth-order valence-electron chi connectivity index (χ4n) is 1.61. The number of nitrogens with one attached hydrogen (secondary N) is 4. The Morgan fingerprint density at radius 1 is 1.06 bits per heavy atom. The standard InChI is InChI=1S/C7H19ClN6S3/c1-15-5(8)4-6(13-9,14-10)12-7(11-5,16-2)17-3/h11-14H,4,9-10H2,1-3H3. The fourth-order valence-corrected chi connectivity index (χ4v) is 4.59. The smallest absolute Gasteiger partial charge is 0.170 e. The number of hydrogen-bond acceptors (Lipinski definition) is 9. The van der Waals surface area contributed by atoms with Crippen molar-refractivity contribution in [2.45, 2.75) is 20.9 Å². The minimum Gasteiger partial charge on any atom is -0.269 e. The van der Waals surface area contributed by atoms with Gasteiger partial charge in [0.05, 0.1) is 0 Å². The summed E-state index contributed by atoms with van der Waals surface area (Å²) in [6.45, 7) is 0. The Morgan fingerprint density at radius 3 is 1.94 bits per heavy atom. The topological polar surface area (TPSA) is 100 Å². The molecule has 0 spiro atoms. The predicted octanol–water partition coefficient (Wildman–Crippen LogP) is -0.257. The van der Waals surface area contributed by atoms with Gasteiger partial charge in [0.25, 0.3) is 0 Å². The summed E-state index contributed by atoms with van der Waals surface area (Å²) in [6, 6.07) is 0. The van der Waals surface area contributed by atoms with Gasteiger partial charge in [-0.1, -0.05) is 11.6 Å². The highest BCUT2D eigenvalue weighted by Gasteiger charge is 2.52. The van der Waals surface area contributed by atoms with E-state index in [0.717, 1.165) is 0 Å². The number of nitrogens with two attached hydrogens (primary N) is 2. The maximum atomic E-state index is 6.54. The van der Waals surface area contributed by atoms with Gasteiger partial charge in [0.2, 0.25) is 0 Å². The van der Waals surface area contributed by atoms with Crippen LogP contribution in [0.4, 0.5) is 0 Å². The van der Waals surface area contributed by atoms with Gasteiger partial charge in [-0.05, 0) is 18.8 Å². The first kappa shape index (κ1) is 16.2. The van der Waals surface area contributed by atoms with Gasteiger partial charge in [0, 0.05) is 6.42 Å². The van der Waals surface area contributed by atoms with Gasteiger partial charge >= 0.3 is 0 Å². The molecule has 0 aromatic heterocycles. The van der Waals surface area contributed by atoms with Gasteiger partial charge in [0.15, 0.2) is 10.1 Å². The lowest BCUT2D eigenvalue weighted by Crippen LogP contribution is -2.82. The summed E-state index contributed by atoms with van der Waals surface area (Å²) < 4.78 is -1.13. The van der Waals surface area contributed by atoms with E-state index < -0.39 is 14.4 Å². The van der Waals surface area contributed by atoms with E-state index in [1.165, 1.54) is 11.8 Å². The highest BCUT2D eigenvalue weighted by molar-refractivity contribution is 8.17. The van der Waals surface area contributed by atoms with Gasteiger partial charge in [-0.15, -0.1) is 35.3 Å². The minimum atomic E-state index is -0.817. The Hall–Kier alpha value is 1.10. The molecular weight excluding hydrogens is 300 g/mol.